The van der Waals surface area contributed by atoms with E-state index in [1.165, 1.54) is 4.90 Å². The molecule has 1 saturated heterocycles. The van der Waals surface area contributed by atoms with E-state index >= 15 is 0 Å². The number of hydrogen-bond acceptors (Lipinski definition) is 7. The number of carboxylic acid groups (broad SMARTS) is 1. The SMILES string of the molecule is CC(C)(C)OC(=O)NC1CCCCC/C=C\C2CC2(C(=O)O)NC(=O)C2C[C@@H](n3nc(-c4ccccc4)c(-c4ccccc4)n3)CN2C1=O. The number of amides is 3. The molecule has 3 amide bonds. The molecule has 0 bridgehead atoms. The summed E-state index contributed by atoms with van der Waals surface area (Å²) in [5.41, 5.74) is 0.854. The van der Waals surface area contributed by atoms with Crippen LogP contribution in [0.2, 0.25) is 0 Å². The Bertz CT molecular complexity index is 1660. The number of nitrogens with zero attached hydrogens (tertiary/aromatic N) is 4. The quantitative estimate of drug-likeness (QED) is 0.316. The van der Waals surface area contributed by atoms with Gasteiger partial charge in [-0.1, -0.05) is 85.7 Å². The Morgan fingerprint density at radius 1 is 0.959 bits per heavy atom. The van der Waals surface area contributed by atoms with Gasteiger partial charge in [-0.2, -0.15) is 15.0 Å². The number of carboxylic acids is 1. The minimum Gasteiger partial charge on any atom is -0.479 e. The van der Waals surface area contributed by atoms with Gasteiger partial charge in [-0.25, -0.2) is 9.59 Å². The second-order valence-electron chi connectivity index (χ2n) is 14.2. The van der Waals surface area contributed by atoms with Crippen molar-refractivity contribution in [1.82, 2.24) is 30.5 Å². The van der Waals surface area contributed by atoms with Gasteiger partial charge in [-0.05, 0) is 46.5 Å². The predicted molar refractivity (Wildman–Crippen MR) is 182 cm³/mol. The molecule has 5 atom stereocenters. The lowest BCUT2D eigenvalue weighted by Gasteiger charge is -2.30. The van der Waals surface area contributed by atoms with Gasteiger partial charge in [0.2, 0.25) is 11.8 Å². The van der Waals surface area contributed by atoms with Gasteiger partial charge in [-0.3, -0.25) is 9.59 Å². The van der Waals surface area contributed by atoms with E-state index in [-0.39, 0.29) is 25.3 Å². The molecule has 2 aromatic carbocycles. The fourth-order valence-corrected chi connectivity index (χ4v) is 6.76. The van der Waals surface area contributed by atoms with E-state index in [0.29, 0.717) is 24.2 Å². The van der Waals surface area contributed by atoms with E-state index in [4.69, 9.17) is 14.9 Å². The molecular weight excluding hydrogens is 624 g/mol. The molecule has 1 aromatic heterocycles. The van der Waals surface area contributed by atoms with Gasteiger partial charge < -0.3 is 25.4 Å². The Morgan fingerprint density at radius 3 is 2.18 bits per heavy atom. The Kier molecular flexibility index (Phi) is 9.58. The Balaban J connectivity index is 1.36. The highest BCUT2D eigenvalue weighted by Gasteiger charge is 2.61. The number of nitrogens with one attached hydrogen (secondary N) is 2. The molecule has 12 nitrogen and oxygen atoms in total. The highest BCUT2D eigenvalue weighted by molar-refractivity contribution is 5.96. The van der Waals surface area contributed by atoms with Crippen molar-refractivity contribution in [2.45, 2.75) is 95.0 Å². The average Bonchev–Trinajstić information content (AvgIpc) is 3.38. The molecular formula is C37H44N6O6. The molecule has 3 aliphatic rings. The molecule has 0 radical (unpaired) electrons. The first kappa shape index (κ1) is 33.9. The van der Waals surface area contributed by atoms with Crippen LogP contribution >= 0.6 is 0 Å². The van der Waals surface area contributed by atoms with Gasteiger partial charge in [-0.15, -0.1) is 0 Å². The Hall–Kier alpha value is -5.00. The van der Waals surface area contributed by atoms with Crippen molar-refractivity contribution in [2.24, 2.45) is 5.92 Å². The summed E-state index contributed by atoms with van der Waals surface area (Å²) in [7, 11) is 0. The zero-order valence-electron chi connectivity index (χ0n) is 28.2. The van der Waals surface area contributed by atoms with Crippen molar-refractivity contribution in [3.05, 3.63) is 72.8 Å². The van der Waals surface area contributed by atoms with Crippen molar-refractivity contribution in [2.75, 3.05) is 6.54 Å². The fraction of sp³-hybridized carbons (Fsp3) is 0.459. The third-order valence-electron chi connectivity index (χ3n) is 9.38. The maximum Gasteiger partial charge on any atom is 0.408 e. The maximum absolute atomic E-state index is 14.4. The Labute approximate surface area is 285 Å². The molecule has 1 saturated carbocycles. The van der Waals surface area contributed by atoms with Crippen LogP contribution in [0.3, 0.4) is 0 Å². The molecule has 1 aliphatic carbocycles. The van der Waals surface area contributed by atoms with Gasteiger partial charge in [0.25, 0.3) is 0 Å². The molecule has 3 heterocycles. The van der Waals surface area contributed by atoms with Crippen LogP contribution < -0.4 is 10.6 Å². The lowest BCUT2D eigenvalue weighted by molar-refractivity contribution is -0.145. The van der Waals surface area contributed by atoms with Gasteiger partial charge >= 0.3 is 12.1 Å². The van der Waals surface area contributed by atoms with Crippen LogP contribution in [0.1, 0.15) is 71.8 Å². The number of benzene rings is 2. The number of carbonyl (C=O) groups excluding carboxylic acids is 3. The van der Waals surface area contributed by atoms with E-state index in [1.807, 2.05) is 72.8 Å². The fourth-order valence-electron chi connectivity index (χ4n) is 6.76. The maximum atomic E-state index is 14.4. The lowest BCUT2D eigenvalue weighted by atomic mass is 10.0. The van der Waals surface area contributed by atoms with Gasteiger partial charge in [0.15, 0.2) is 0 Å². The highest BCUT2D eigenvalue weighted by Crippen LogP contribution is 2.45. The van der Waals surface area contributed by atoms with Crippen molar-refractivity contribution in [1.29, 1.82) is 0 Å². The van der Waals surface area contributed by atoms with Crippen molar-refractivity contribution in [3.8, 4) is 22.5 Å². The lowest BCUT2D eigenvalue weighted by Crippen LogP contribution is -2.56. The monoisotopic (exact) mass is 668 g/mol. The third kappa shape index (κ3) is 7.53. The van der Waals surface area contributed by atoms with Gasteiger partial charge in [0.1, 0.15) is 34.6 Å². The zero-order valence-corrected chi connectivity index (χ0v) is 28.2. The number of alkyl carbamates (subject to hydrolysis) is 1. The molecule has 3 N–H and O–H groups in total. The molecule has 49 heavy (non-hydrogen) atoms. The molecule has 2 aliphatic heterocycles. The minimum absolute atomic E-state index is 0.0873. The first-order valence-electron chi connectivity index (χ1n) is 17.0. The summed E-state index contributed by atoms with van der Waals surface area (Å²) in [6.45, 7) is 5.33. The number of aromatic nitrogens is 3. The zero-order chi connectivity index (χ0) is 34.8. The molecule has 2 fully saturated rings. The number of ether oxygens (including phenoxy) is 1. The summed E-state index contributed by atoms with van der Waals surface area (Å²) < 4.78 is 5.50. The summed E-state index contributed by atoms with van der Waals surface area (Å²) in [6.07, 6.45) is 6.99. The summed E-state index contributed by atoms with van der Waals surface area (Å²) >= 11 is 0. The van der Waals surface area contributed by atoms with Crippen molar-refractivity contribution >= 4 is 23.9 Å². The summed E-state index contributed by atoms with van der Waals surface area (Å²) in [5, 5.41) is 25.6. The van der Waals surface area contributed by atoms with Crippen LogP contribution in [0.25, 0.3) is 22.5 Å². The summed E-state index contributed by atoms with van der Waals surface area (Å²) in [6, 6.07) is 16.9. The number of allylic oxidation sites excluding steroid dienone is 1. The number of rotatable bonds is 5. The smallest absolute Gasteiger partial charge is 0.408 e. The van der Waals surface area contributed by atoms with Crippen LogP contribution in [0, 0.1) is 5.92 Å². The van der Waals surface area contributed by atoms with Crippen LogP contribution in [0.15, 0.2) is 72.8 Å². The van der Waals surface area contributed by atoms with Crippen LogP contribution in [0.4, 0.5) is 4.79 Å². The molecule has 12 heteroatoms. The standard InChI is InChI=1S/C37H44N6O6/c1-36(2,3)49-35(48)38-28-20-14-6-4-5-13-19-26-22-37(26,34(46)47)39-32(44)29-21-27(23-42(29)33(28)45)43-40-30(24-15-9-7-10-16-24)31(41-43)25-17-11-8-12-18-25/h7-13,15-19,26-29H,4-6,14,20-23H2,1-3H3,(H,38,48)(H,39,44)(H,46,47)/b19-13-/t26?,27-,28?,29?,37?/m1/s1. The topological polar surface area (TPSA) is 156 Å². The number of carbonyl (C=O) groups is 4. The number of hydrogen-bond donors (Lipinski definition) is 3. The van der Waals surface area contributed by atoms with Gasteiger partial charge in [0.05, 0.1) is 6.04 Å². The van der Waals surface area contributed by atoms with Gasteiger partial charge in [0, 0.05) is 30.0 Å². The first-order valence-corrected chi connectivity index (χ1v) is 17.0. The van der Waals surface area contributed by atoms with Crippen molar-refractivity contribution in [3.63, 3.8) is 0 Å². The van der Waals surface area contributed by atoms with Crippen LogP contribution in [-0.2, 0) is 19.1 Å². The van der Waals surface area contributed by atoms with E-state index in [0.717, 1.165) is 30.4 Å². The second-order valence-corrected chi connectivity index (χ2v) is 14.2. The van der Waals surface area contributed by atoms with E-state index in [9.17, 15) is 24.3 Å². The second kappa shape index (κ2) is 13.9. The summed E-state index contributed by atoms with van der Waals surface area (Å²) in [4.78, 5) is 56.9. The highest BCUT2D eigenvalue weighted by atomic mass is 16.6. The van der Waals surface area contributed by atoms with E-state index in [2.05, 4.69) is 10.6 Å². The molecule has 0 spiro atoms. The molecule has 6 rings (SSSR count). The molecule has 4 unspecified atom stereocenters. The van der Waals surface area contributed by atoms with E-state index in [1.54, 1.807) is 25.6 Å². The van der Waals surface area contributed by atoms with Crippen molar-refractivity contribution < 1.29 is 29.0 Å². The number of aliphatic carboxylic acids is 1. The predicted octanol–water partition coefficient (Wildman–Crippen LogP) is 5.13. The molecule has 3 aromatic rings. The largest absolute Gasteiger partial charge is 0.479 e. The Morgan fingerprint density at radius 2 is 1.59 bits per heavy atom. The summed E-state index contributed by atoms with van der Waals surface area (Å²) in [5.74, 6) is -2.43. The van der Waals surface area contributed by atoms with E-state index < -0.39 is 53.1 Å². The normalized spacial score (nSPS) is 26.7. The average molecular weight is 669 g/mol. The van der Waals surface area contributed by atoms with Crippen LogP contribution in [0.5, 0.6) is 0 Å². The molecule has 258 valence electrons. The van der Waals surface area contributed by atoms with Crippen LogP contribution in [-0.4, -0.2) is 78.6 Å². The minimum atomic E-state index is -1.43. The third-order valence-corrected chi connectivity index (χ3v) is 9.38. The first-order chi connectivity index (χ1) is 23.4. The number of fused-ring (bicyclic) bond motifs is 2.